The van der Waals surface area contributed by atoms with Gasteiger partial charge in [0.1, 0.15) is 11.6 Å². The van der Waals surface area contributed by atoms with Crippen molar-refractivity contribution in [1.29, 1.82) is 0 Å². The van der Waals surface area contributed by atoms with E-state index in [1.54, 1.807) is 12.4 Å². The Hall–Kier alpha value is -3.80. The molecule has 4 rings (SSSR count). The molecular weight excluding hydrogens is 396 g/mol. The van der Waals surface area contributed by atoms with E-state index in [-0.39, 0.29) is 6.04 Å². The number of hydrogen-bond donors (Lipinski definition) is 1. The van der Waals surface area contributed by atoms with Gasteiger partial charge in [-0.1, -0.05) is 61.5 Å². The molecule has 0 unspecified atom stereocenters. The van der Waals surface area contributed by atoms with Gasteiger partial charge >= 0.3 is 0 Å². The number of anilines is 3. The Bertz CT molecular complexity index is 1160. The number of nitrogens with one attached hydrogen (secondary N) is 1. The van der Waals surface area contributed by atoms with Crippen LogP contribution in [0, 0.1) is 0 Å². The van der Waals surface area contributed by atoms with E-state index >= 15 is 0 Å². The summed E-state index contributed by atoms with van der Waals surface area (Å²) in [5, 5.41) is 3.43. The van der Waals surface area contributed by atoms with E-state index < -0.39 is 0 Å². The molecule has 32 heavy (non-hydrogen) atoms. The van der Waals surface area contributed by atoms with Crippen molar-refractivity contribution in [2.45, 2.75) is 32.7 Å². The van der Waals surface area contributed by atoms with Crippen LogP contribution < -0.4 is 10.2 Å². The minimum atomic E-state index is 0.200. The first kappa shape index (κ1) is 21.4. The van der Waals surface area contributed by atoms with Crippen molar-refractivity contribution >= 4 is 17.6 Å². The van der Waals surface area contributed by atoms with E-state index in [2.05, 4.69) is 53.4 Å². The second-order valence-electron chi connectivity index (χ2n) is 7.82. The Balaban J connectivity index is 1.47. The van der Waals surface area contributed by atoms with Crippen molar-refractivity contribution in [1.82, 2.24) is 19.9 Å². The number of nitrogens with zero attached hydrogens (tertiary/aromatic N) is 5. The maximum Gasteiger partial charge on any atom is 0.224 e. The Morgan fingerprint density at radius 3 is 2.34 bits per heavy atom. The van der Waals surface area contributed by atoms with E-state index in [1.807, 2.05) is 54.4 Å². The fourth-order valence-corrected chi connectivity index (χ4v) is 3.59. The highest BCUT2D eigenvalue weighted by molar-refractivity contribution is 5.61. The average molecular weight is 425 g/mol. The molecule has 2 aromatic carbocycles. The third-order valence-electron chi connectivity index (χ3n) is 5.32. The number of aromatic nitrogens is 4. The summed E-state index contributed by atoms with van der Waals surface area (Å²) in [4.78, 5) is 20.2. The highest BCUT2D eigenvalue weighted by atomic mass is 15.3. The summed E-state index contributed by atoms with van der Waals surface area (Å²) in [6.07, 6.45) is 5.49. The summed E-state index contributed by atoms with van der Waals surface area (Å²) in [6.45, 7) is 4.33. The number of benzene rings is 2. The molecule has 0 bridgehead atoms. The Labute approximate surface area is 189 Å². The zero-order chi connectivity index (χ0) is 22.3. The fourth-order valence-electron chi connectivity index (χ4n) is 3.59. The summed E-state index contributed by atoms with van der Waals surface area (Å²) < 4.78 is 0. The van der Waals surface area contributed by atoms with Gasteiger partial charge in [-0.3, -0.25) is 0 Å². The minimum absolute atomic E-state index is 0.200. The van der Waals surface area contributed by atoms with Crippen LogP contribution in [-0.2, 0) is 12.8 Å². The molecule has 0 saturated carbocycles. The largest absolute Gasteiger partial charge is 0.351 e. The van der Waals surface area contributed by atoms with Crippen molar-refractivity contribution < 1.29 is 0 Å². The number of hydrogen-bond acceptors (Lipinski definition) is 6. The van der Waals surface area contributed by atoms with Gasteiger partial charge in [-0.25, -0.2) is 15.0 Å². The summed E-state index contributed by atoms with van der Waals surface area (Å²) in [5.74, 6) is 2.82. The summed E-state index contributed by atoms with van der Waals surface area (Å²) in [6, 6.07) is 22.6. The zero-order valence-corrected chi connectivity index (χ0v) is 18.7. The molecule has 2 heterocycles. The van der Waals surface area contributed by atoms with Gasteiger partial charge in [0.15, 0.2) is 5.82 Å². The van der Waals surface area contributed by atoms with Gasteiger partial charge in [0, 0.05) is 31.0 Å². The molecule has 0 amide bonds. The van der Waals surface area contributed by atoms with Crippen LogP contribution in [0.2, 0.25) is 0 Å². The monoisotopic (exact) mass is 424 g/mol. The molecule has 0 spiro atoms. The lowest BCUT2D eigenvalue weighted by Gasteiger charge is -2.19. The first-order chi connectivity index (χ1) is 15.6. The first-order valence-corrected chi connectivity index (χ1v) is 10.9. The van der Waals surface area contributed by atoms with Crippen molar-refractivity contribution in [3.63, 3.8) is 0 Å². The van der Waals surface area contributed by atoms with Gasteiger partial charge in [-0.05, 0) is 43.0 Å². The molecule has 162 valence electrons. The van der Waals surface area contributed by atoms with Gasteiger partial charge in [-0.15, -0.1) is 0 Å². The normalized spacial score (nSPS) is 11.7. The van der Waals surface area contributed by atoms with Crippen LogP contribution in [0.15, 0.2) is 79.1 Å². The lowest BCUT2D eigenvalue weighted by Crippen LogP contribution is -2.21. The number of aryl methyl sites for hydroxylation is 1. The predicted octanol–water partition coefficient (Wildman–Crippen LogP) is 5.31. The third-order valence-corrected chi connectivity index (χ3v) is 5.32. The van der Waals surface area contributed by atoms with E-state index in [9.17, 15) is 0 Å². The maximum atomic E-state index is 4.72. The predicted molar refractivity (Wildman–Crippen MR) is 130 cm³/mol. The van der Waals surface area contributed by atoms with Crippen molar-refractivity contribution in [2.24, 2.45) is 0 Å². The highest BCUT2D eigenvalue weighted by Crippen LogP contribution is 2.23. The maximum absolute atomic E-state index is 4.72. The lowest BCUT2D eigenvalue weighted by molar-refractivity contribution is 0.775. The molecule has 6 heteroatoms. The smallest absolute Gasteiger partial charge is 0.224 e. The van der Waals surface area contributed by atoms with Crippen molar-refractivity contribution in [2.75, 3.05) is 17.3 Å². The molecule has 1 N–H and O–H groups in total. The standard InChI is InChI=1S/C26H28N6/c1-4-20-9-8-10-21(18-20)17-19(2)29-26-28-16-14-24(31-26)32(3)23-13-15-27-25(30-23)22-11-6-5-7-12-22/h5-16,18-19H,4,17H2,1-3H3,(H,28,29,31)/t19-/m0/s1. The molecule has 0 aliphatic carbocycles. The average Bonchev–Trinajstić information content (AvgIpc) is 2.84. The molecule has 2 aromatic heterocycles. The van der Waals surface area contributed by atoms with Crippen LogP contribution in [0.25, 0.3) is 11.4 Å². The molecule has 0 aliphatic rings. The van der Waals surface area contributed by atoms with Gasteiger partial charge < -0.3 is 10.2 Å². The Morgan fingerprint density at radius 2 is 1.56 bits per heavy atom. The molecule has 0 saturated heterocycles. The molecule has 0 aliphatic heterocycles. The quantitative estimate of drug-likeness (QED) is 0.414. The van der Waals surface area contributed by atoms with Crippen LogP contribution in [0.3, 0.4) is 0 Å². The van der Waals surface area contributed by atoms with Crippen LogP contribution in [0.4, 0.5) is 17.6 Å². The Kier molecular flexibility index (Phi) is 6.70. The molecule has 4 aromatic rings. The SMILES string of the molecule is CCc1cccc(C[C@H](C)Nc2nccc(N(C)c3ccnc(-c4ccccc4)n3)n2)c1. The van der Waals surface area contributed by atoms with Crippen LogP contribution in [-0.4, -0.2) is 33.0 Å². The van der Waals surface area contributed by atoms with E-state index in [0.29, 0.717) is 11.8 Å². The van der Waals surface area contributed by atoms with Gasteiger partial charge in [0.05, 0.1) is 0 Å². The molecular formula is C26H28N6. The highest BCUT2D eigenvalue weighted by Gasteiger charge is 2.12. The third kappa shape index (κ3) is 5.27. The van der Waals surface area contributed by atoms with Gasteiger partial charge in [0.2, 0.25) is 5.95 Å². The van der Waals surface area contributed by atoms with Crippen LogP contribution >= 0.6 is 0 Å². The van der Waals surface area contributed by atoms with Crippen molar-refractivity contribution in [3.05, 3.63) is 90.3 Å². The number of rotatable bonds is 8. The van der Waals surface area contributed by atoms with Crippen molar-refractivity contribution in [3.8, 4) is 11.4 Å². The second-order valence-corrected chi connectivity index (χ2v) is 7.82. The molecule has 6 nitrogen and oxygen atoms in total. The van der Waals surface area contributed by atoms with E-state index in [4.69, 9.17) is 9.97 Å². The summed E-state index contributed by atoms with van der Waals surface area (Å²) in [7, 11) is 1.95. The first-order valence-electron chi connectivity index (χ1n) is 10.9. The van der Waals surface area contributed by atoms with Crippen LogP contribution in [0.1, 0.15) is 25.0 Å². The van der Waals surface area contributed by atoms with Gasteiger partial charge in [-0.2, -0.15) is 4.98 Å². The van der Waals surface area contributed by atoms with E-state index in [0.717, 1.165) is 30.0 Å². The van der Waals surface area contributed by atoms with Crippen LogP contribution in [0.5, 0.6) is 0 Å². The zero-order valence-electron chi connectivity index (χ0n) is 18.7. The lowest BCUT2D eigenvalue weighted by atomic mass is 10.0. The Morgan fingerprint density at radius 1 is 0.844 bits per heavy atom. The summed E-state index contributed by atoms with van der Waals surface area (Å²) in [5.41, 5.74) is 3.65. The van der Waals surface area contributed by atoms with Gasteiger partial charge in [0.25, 0.3) is 0 Å². The summed E-state index contributed by atoms with van der Waals surface area (Å²) >= 11 is 0. The molecule has 1 atom stereocenters. The second kappa shape index (κ2) is 10.0. The minimum Gasteiger partial charge on any atom is -0.351 e. The molecule has 0 radical (unpaired) electrons. The topological polar surface area (TPSA) is 66.8 Å². The molecule has 0 fully saturated rings. The van der Waals surface area contributed by atoms with E-state index in [1.165, 1.54) is 11.1 Å². The fraction of sp³-hybridized carbons (Fsp3) is 0.231.